The molecule has 1 heterocycles. The first-order valence-electron chi connectivity index (χ1n) is 10.9. The van der Waals surface area contributed by atoms with E-state index in [9.17, 15) is 14.7 Å². The van der Waals surface area contributed by atoms with Gasteiger partial charge < -0.3 is 9.84 Å². The van der Waals surface area contributed by atoms with Crippen molar-refractivity contribution in [3.05, 3.63) is 46.7 Å². The monoisotopic (exact) mass is 398 g/mol. The lowest BCUT2D eigenvalue weighted by atomic mass is 9.84. The molecule has 3 rings (SSSR count). The van der Waals surface area contributed by atoms with Crippen molar-refractivity contribution in [2.45, 2.75) is 84.2 Å². The number of aliphatic hydroxyl groups is 1. The number of esters is 1. The lowest BCUT2D eigenvalue weighted by Gasteiger charge is -2.23. The van der Waals surface area contributed by atoms with Gasteiger partial charge in [-0.05, 0) is 35.3 Å². The standard InChI is InChI=1S/C25H34O4/c1-16(14-18-10-12-19(13-11-18)25(2,3)4)22(26)21-23(27)20(29-24(21)28)15-17-8-6-5-7-9-17/h10-13,16-17,20,27H,5-9,14-15H2,1-4H3/t16-,20-/m0/s1. The zero-order valence-electron chi connectivity index (χ0n) is 18.2. The zero-order chi connectivity index (χ0) is 21.2. The molecule has 0 aromatic heterocycles. The largest absolute Gasteiger partial charge is 0.507 e. The van der Waals surface area contributed by atoms with Crippen LogP contribution in [0.5, 0.6) is 0 Å². The van der Waals surface area contributed by atoms with Crippen LogP contribution in [0.25, 0.3) is 0 Å². The highest BCUT2D eigenvalue weighted by Gasteiger charge is 2.40. The Labute approximate surface area is 174 Å². The molecule has 1 aromatic carbocycles. The Hall–Kier alpha value is -2.10. The van der Waals surface area contributed by atoms with Gasteiger partial charge in [0.25, 0.3) is 0 Å². The Morgan fingerprint density at radius 3 is 2.34 bits per heavy atom. The maximum Gasteiger partial charge on any atom is 0.346 e. The topological polar surface area (TPSA) is 63.6 Å². The molecule has 1 saturated carbocycles. The molecule has 0 amide bonds. The predicted octanol–water partition coefficient (Wildman–Crippen LogP) is 5.44. The molecule has 158 valence electrons. The van der Waals surface area contributed by atoms with Gasteiger partial charge in [0.15, 0.2) is 17.6 Å². The highest BCUT2D eigenvalue weighted by molar-refractivity contribution is 6.19. The molecule has 0 radical (unpaired) electrons. The van der Waals surface area contributed by atoms with E-state index in [1.807, 2.05) is 19.1 Å². The van der Waals surface area contributed by atoms with Gasteiger partial charge in [-0.1, -0.05) is 84.1 Å². The fraction of sp³-hybridized carbons (Fsp3) is 0.600. The van der Waals surface area contributed by atoms with E-state index < -0.39 is 18.0 Å². The predicted molar refractivity (Wildman–Crippen MR) is 114 cm³/mol. The van der Waals surface area contributed by atoms with Crippen LogP contribution in [-0.4, -0.2) is 23.0 Å². The van der Waals surface area contributed by atoms with E-state index in [4.69, 9.17) is 4.74 Å². The van der Waals surface area contributed by atoms with E-state index in [0.29, 0.717) is 18.8 Å². The van der Waals surface area contributed by atoms with Gasteiger partial charge in [-0.25, -0.2) is 4.79 Å². The first-order chi connectivity index (χ1) is 13.7. The van der Waals surface area contributed by atoms with Crippen LogP contribution < -0.4 is 0 Å². The minimum absolute atomic E-state index is 0.0809. The summed E-state index contributed by atoms with van der Waals surface area (Å²) in [6, 6.07) is 8.26. The number of aliphatic hydroxyl groups excluding tert-OH is 1. The third kappa shape index (κ3) is 5.09. The lowest BCUT2D eigenvalue weighted by molar-refractivity contribution is -0.142. The summed E-state index contributed by atoms with van der Waals surface area (Å²) in [5.74, 6) is -1.08. The van der Waals surface area contributed by atoms with Crippen molar-refractivity contribution < 1.29 is 19.4 Å². The number of cyclic esters (lactones) is 1. The summed E-state index contributed by atoms with van der Waals surface area (Å²) in [5, 5.41) is 10.6. The Morgan fingerprint density at radius 1 is 1.14 bits per heavy atom. The van der Waals surface area contributed by atoms with Gasteiger partial charge in [-0.2, -0.15) is 0 Å². The van der Waals surface area contributed by atoms with Crippen LogP contribution >= 0.6 is 0 Å². The molecule has 4 heteroatoms. The number of benzene rings is 1. The molecule has 2 atom stereocenters. The van der Waals surface area contributed by atoms with Crippen molar-refractivity contribution >= 4 is 11.8 Å². The molecule has 1 aromatic rings. The summed E-state index contributed by atoms with van der Waals surface area (Å²) < 4.78 is 5.38. The third-order valence-electron chi connectivity index (χ3n) is 6.34. The number of hydrogen-bond donors (Lipinski definition) is 1. The summed E-state index contributed by atoms with van der Waals surface area (Å²) >= 11 is 0. The maximum absolute atomic E-state index is 12.9. The normalized spacial score (nSPS) is 21.9. The molecule has 4 nitrogen and oxygen atoms in total. The van der Waals surface area contributed by atoms with Crippen LogP contribution in [-0.2, 0) is 26.2 Å². The molecule has 1 fully saturated rings. The molecule has 1 N–H and O–H groups in total. The molecule has 1 aliphatic heterocycles. The number of Topliss-reactive ketones (excluding diaryl/α,β-unsaturated/α-hetero) is 1. The number of ketones is 1. The van der Waals surface area contributed by atoms with Gasteiger partial charge >= 0.3 is 5.97 Å². The molecule has 0 unspecified atom stereocenters. The second-order valence-electron chi connectivity index (χ2n) is 9.81. The van der Waals surface area contributed by atoms with Crippen molar-refractivity contribution in [2.75, 3.05) is 0 Å². The molecule has 1 aliphatic carbocycles. The molecule has 0 saturated heterocycles. The molecule has 29 heavy (non-hydrogen) atoms. The Morgan fingerprint density at radius 2 is 1.76 bits per heavy atom. The van der Waals surface area contributed by atoms with Crippen molar-refractivity contribution in [3.8, 4) is 0 Å². The van der Waals surface area contributed by atoms with E-state index >= 15 is 0 Å². The minimum Gasteiger partial charge on any atom is -0.507 e. The summed E-state index contributed by atoms with van der Waals surface area (Å²) in [6.07, 6.45) is 6.33. The van der Waals surface area contributed by atoms with Gasteiger partial charge in [-0.3, -0.25) is 4.79 Å². The van der Waals surface area contributed by atoms with Gasteiger partial charge in [0.1, 0.15) is 5.57 Å². The minimum atomic E-state index is -0.664. The van der Waals surface area contributed by atoms with Crippen molar-refractivity contribution in [1.29, 1.82) is 0 Å². The summed E-state index contributed by atoms with van der Waals surface area (Å²) in [6.45, 7) is 8.30. The van der Waals surface area contributed by atoms with E-state index in [1.165, 1.54) is 24.8 Å². The van der Waals surface area contributed by atoms with Gasteiger partial charge in [-0.15, -0.1) is 0 Å². The van der Waals surface area contributed by atoms with Crippen LogP contribution in [0.3, 0.4) is 0 Å². The number of carbonyl (C=O) groups is 2. The number of ether oxygens (including phenoxy) is 1. The second-order valence-corrected chi connectivity index (χ2v) is 9.81. The Kier molecular flexibility index (Phi) is 6.50. The molecular weight excluding hydrogens is 364 g/mol. The smallest absolute Gasteiger partial charge is 0.346 e. The fourth-order valence-electron chi connectivity index (χ4n) is 4.46. The van der Waals surface area contributed by atoms with E-state index in [-0.39, 0.29) is 22.5 Å². The second kappa shape index (κ2) is 8.73. The SMILES string of the molecule is C[C@@H](Cc1ccc(C(C)(C)C)cc1)C(=O)C1=C(O)[C@H](CC2CCCCC2)OC1=O. The average molecular weight is 399 g/mol. The highest BCUT2D eigenvalue weighted by atomic mass is 16.6. The third-order valence-corrected chi connectivity index (χ3v) is 6.34. The fourth-order valence-corrected chi connectivity index (χ4v) is 4.46. The van der Waals surface area contributed by atoms with Crippen LogP contribution in [0.2, 0.25) is 0 Å². The molecular formula is C25H34O4. The van der Waals surface area contributed by atoms with Crippen LogP contribution in [0.4, 0.5) is 0 Å². The lowest BCUT2D eigenvalue weighted by Crippen LogP contribution is -2.20. The van der Waals surface area contributed by atoms with E-state index in [0.717, 1.165) is 18.4 Å². The van der Waals surface area contributed by atoms with Gasteiger partial charge in [0.2, 0.25) is 0 Å². The van der Waals surface area contributed by atoms with Crippen LogP contribution in [0, 0.1) is 11.8 Å². The van der Waals surface area contributed by atoms with Crippen molar-refractivity contribution in [3.63, 3.8) is 0 Å². The van der Waals surface area contributed by atoms with Crippen molar-refractivity contribution in [1.82, 2.24) is 0 Å². The van der Waals surface area contributed by atoms with Crippen LogP contribution in [0.1, 0.15) is 77.3 Å². The molecule has 2 aliphatic rings. The zero-order valence-corrected chi connectivity index (χ0v) is 18.2. The Balaban J connectivity index is 1.66. The number of hydrogen-bond acceptors (Lipinski definition) is 4. The first-order valence-corrected chi connectivity index (χ1v) is 10.9. The Bertz CT molecular complexity index is 776. The van der Waals surface area contributed by atoms with Crippen LogP contribution in [0.15, 0.2) is 35.6 Å². The number of carbonyl (C=O) groups excluding carboxylic acids is 2. The average Bonchev–Trinajstić information content (AvgIpc) is 2.95. The molecule has 0 bridgehead atoms. The summed E-state index contributed by atoms with van der Waals surface area (Å²) in [5.41, 5.74) is 2.23. The quantitative estimate of drug-likeness (QED) is 0.512. The van der Waals surface area contributed by atoms with Gasteiger partial charge in [0.05, 0.1) is 0 Å². The summed E-state index contributed by atoms with van der Waals surface area (Å²) in [7, 11) is 0. The first kappa shape index (κ1) is 21.6. The highest BCUT2D eigenvalue weighted by Crippen LogP contribution is 2.34. The van der Waals surface area contributed by atoms with E-state index in [1.54, 1.807) is 0 Å². The summed E-state index contributed by atoms with van der Waals surface area (Å²) in [4.78, 5) is 25.2. The molecule has 0 spiro atoms. The number of rotatable bonds is 6. The van der Waals surface area contributed by atoms with Gasteiger partial charge in [0, 0.05) is 5.92 Å². The van der Waals surface area contributed by atoms with E-state index in [2.05, 4.69) is 32.9 Å². The maximum atomic E-state index is 12.9. The van der Waals surface area contributed by atoms with Crippen molar-refractivity contribution in [2.24, 2.45) is 11.8 Å².